The summed E-state index contributed by atoms with van der Waals surface area (Å²) in [4.78, 5) is 17.4. The van der Waals surface area contributed by atoms with Crippen LogP contribution in [-0.4, -0.2) is 18.1 Å². The van der Waals surface area contributed by atoms with Crippen LogP contribution in [0.4, 0.5) is 0 Å². The summed E-state index contributed by atoms with van der Waals surface area (Å²) in [5.41, 5.74) is 0.680. The molecule has 0 spiro atoms. The minimum atomic E-state index is -0.384. The lowest BCUT2D eigenvalue weighted by atomic mass is 9.89. The highest BCUT2D eigenvalue weighted by molar-refractivity contribution is 5.80. The van der Waals surface area contributed by atoms with E-state index in [0.717, 1.165) is 12.0 Å². The number of hydrogen-bond donors (Lipinski definition) is 0. The van der Waals surface area contributed by atoms with Crippen molar-refractivity contribution in [2.45, 2.75) is 33.7 Å². The molecule has 0 atom stereocenters. The summed E-state index contributed by atoms with van der Waals surface area (Å²) in [6.45, 7) is 6.37. The first kappa shape index (κ1) is 13.7. The third-order valence-corrected chi connectivity index (χ3v) is 3.08. The van der Waals surface area contributed by atoms with E-state index in [1.807, 2.05) is 51.1 Å². The summed E-state index contributed by atoms with van der Waals surface area (Å²) in [6.07, 6.45) is 0.792. The van der Waals surface area contributed by atoms with Gasteiger partial charge in [0.25, 0.3) is 5.91 Å². The van der Waals surface area contributed by atoms with Crippen LogP contribution in [-0.2, 0) is 16.2 Å². The molecule has 3 nitrogen and oxygen atoms in total. The Labute approximate surface area is 103 Å². The fourth-order valence-electron chi connectivity index (χ4n) is 1.46. The molecule has 0 aliphatic heterocycles. The van der Waals surface area contributed by atoms with Gasteiger partial charge in [-0.3, -0.25) is 9.63 Å². The van der Waals surface area contributed by atoms with E-state index in [0.29, 0.717) is 6.54 Å². The van der Waals surface area contributed by atoms with Crippen LogP contribution in [0.15, 0.2) is 30.3 Å². The number of nitrogens with zero attached hydrogens (tertiary/aromatic N) is 1. The van der Waals surface area contributed by atoms with Crippen LogP contribution in [0, 0.1) is 5.41 Å². The molecule has 0 saturated carbocycles. The zero-order chi connectivity index (χ0) is 12.9. The van der Waals surface area contributed by atoms with Gasteiger partial charge in [0.05, 0.1) is 13.7 Å². The first-order valence-electron chi connectivity index (χ1n) is 5.91. The molecule has 0 N–H and O–H groups in total. The molecule has 0 heterocycles. The smallest absolute Gasteiger partial charge is 0.252 e. The Morgan fingerprint density at radius 3 is 2.35 bits per heavy atom. The van der Waals surface area contributed by atoms with Crippen LogP contribution in [0.1, 0.15) is 32.8 Å². The third kappa shape index (κ3) is 3.56. The van der Waals surface area contributed by atoms with E-state index in [-0.39, 0.29) is 11.3 Å². The minimum Gasteiger partial charge on any atom is -0.274 e. The molecule has 94 valence electrons. The Bertz CT molecular complexity index is 360. The topological polar surface area (TPSA) is 29.5 Å². The fourth-order valence-corrected chi connectivity index (χ4v) is 1.46. The summed E-state index contributed by atoms with van der Waals surface area (Å²) in [6, 6.07) is 9.84. The lowest BCUT2D eigenvalue weighted by Gasteiger charge is -2.29. The minimum absolute atomic E-state index is 0.0198. The van der Waals surface area contributed by atoms with E-state index in [4.69, 9.17) is 4.84 Å². The van der Waals surface area contributed by atoms with Crippen LogP contribution < -0.4 is 0 Å². The molecule has 0 radical (unpaired) electrons. The van der Waals surface area contributed by atoms with E-state index in [1.54, 1.807) is 0 Å². The lowest BCUT2D eigenvalue weighted by Crippen LogP contribution is -2.39. The van der Waals surface area contributed by atoms with Crippen molar-refractivity contribution in [2.24, 2.45) is 5.41 Å². The molecule has 0 fully saturated rings. The molecule has 0 bridgehead atoms. The summed E-state index contributed by atoms with van der Waals surface area (Å²) in [5, 5.41) is 1.43. The molecule has 1 aromatic rings. The van der Waals surface area contributed by atoms with Crippen molar-refractivity contribution in [3.8, 4) is 0 Å². The average Bonchev–Trinajstić information content (AvgIpc) is 2.36. The number of amides is 1. The van der Waals surface area contributed by atoms with Crippen molar-refractivity contribution in [3.63, 3.8) is 0 Å². The van der Waals surface area contributed by atoms with Gasteiger partial charge in [-0.25, -0.2) is 5.06 Å². The van der Waals surface area contributed by atoms with Crippen LogP contribution in [0.25, 0.3) is 0 Å². The third-order valence-electron chi connectivity index (χ3n) is 3.08. The van der Waals surface area contributed by atoms with E-state index < -0.39 is 0 Å². The van der Waals surface area contributed by atoms with Gasteiger partial charge < -0.3 is 0 Å². The zero-order valence-electron chi connectivity index (χ0n) is 11.1. The predicted octanol–water partition coefficient (Wildman–Crippen LogP) is 3.01. The summed E-state index contributed by atoms with van der Waals surface area (Å²) in [5.74, 6) is 0.0198. The van der Waals surface area contributed by atoms with E-state index in [9.17, 15) is 4.79 Å². The van der Waals surface area contributed by atoms with Gasteiger partial charge >= 0.3 is 0 Å². The van der Waals surface area contributed by atoms with Gasteiger partial charge in [-0.05, 0) is 12.0 Å². The Morgan fingerprint density at radius 2 is 1.88 bits per heavy atom. The molecule has 0 aliphatic rings. The summed E-state index contributed by atoms with van der Waals surface area (Å²) < 4.78 is 0. The Hall–Kier alpha value is -1.35. The molecule has 0 unspecified atom stereocenters. The average molecular weight is 235 g/mol. The van der Waals surface area contributed by atoms with Gasteiger partial charge in [0.1, 0.15) is 0 Å². The first-order valence-corrected chi connectivity index (χ1v) is 5.91. The molecule has 1 rings (SSSR count). The maximum Gasteiger partial charge on any atom is 0.252 e. The van der Waals surface area contributed by atoms with Crippen molar-refractivity contribution in [2.75, 3.05) is 7.11 Å². The van der Waals surface area contributed by atoms with E-state index in [2.05, 4.69) is 0 Å². The number of hydrogen-bond acceptors (Lipinski definition) is 2. The van der Waals surface area contributed by atoms with Crippen LogP contribution >= 0.6 is 0 Å². The van der Waals surface area contributed by atoms with Crippen LogP contribution in [0.2, 0.25) is 0 Å². The zero-order valence-corrected chi connectivity index (χ0v) is 11.1. The number of benzene rings is 1. The van der Waals surface area contributed by atoms with Crippen LogP contribution in [0.5, 0.6) is 0 Å². The summed E-state index contributed by atoms with van der Waals surface area (Å²) >= 11 is 0. The monoisotopic (exact) mass is 235 g/mol. The van der Waals surface area contributed by atoms with Gasteiger partial charge in [-0.2, -0.15) is 0 Å². The Morgan fingerprint density at radius 1 is 1.29 bits per heavy atom. The van der Waals surface area contributed by atoms with E-state index in [1.165, 1.54) is 12.2 Å². The first-order chi connectivity index (χ1) is 8.01. The second-order valence-corrected chi connectivity index (χ2v) is 4.75. The second kappa shape index (κ2) is 5.82. The van der Waals surface area contributed by atoms with Crippen molar-refractivity contribution >= 4 is 5.91 Å². The highest BCUT2D eigenvalue weighted by Crippen LogP contribution is 2.24. The van der Waals surface area contributed by atoms with Gasteiger partial charge in [-0.1, -0.05) is 51.1 Å². The standard InChI is InChI=1S/C14H21NO2/c1-5-14(2,3)13(16)15(17-4)11-12-9-7-6-8-10-12/h6-10H,5,11H2,1-4H3. The number of carbonyl (C=O) groups excluding carboxylic acids is 1. The van der Waals surface area contributed by atoms with Crippen molar-refractivity contribution < 1.29 is 9.63 Å². The molecule has 1 amide bonds. The number of carbonyl (C=O) groups is 1. The second-order valence-electron chi connectivity index (χ2n) is 4.75. The molecular weight excluding hydrogens is 214 g/mol. The highest BCUT2D eigenvalue weighted by atomic mass is 16.7. The highest BCUT2D eigenvalue weighted by Gasteiger charge is 2.30. The molecule has 0 aromatic heterocycles. The molecular formula is C14H21NO2. The van der Waals surface area contributed by atoms with Gasteiger partial charge in [0.15, 0.2) is 0 Å². The molecule has 0 aliphatic carbocycles. The maximum absolute atomic E-state index is 12.2. The maximum atomic E-state index is 12.2. The number of hydroxylamine groups is 2. The normalized spacial score (nSPS) is 11.3. The predicted molar refractivity (Wildman–Crippen MR) is 68.1 cm³/mol. The Balaban J connectivity index is 2.76. The fraction of sp³-hybridized carbons (Fsp3) is 0.500. The van der Waals surface area contributed by atoms with Gasteiger partial charge in [0, 0.05) is 5.41 Å². The van der Waals surface area contributed by atoms with Gasteiger partial charge in [0.2, 0.25) is 0 Å². The quantitative estimate of drug-likeness (QED) is 0.734. The van der Waals surface area contributed by atoms with Gasteiger partial charge in [-0.15, -0.1) is 0 Å². The summed E-state index contributed by atoms with van der Waals surface area (Å²) in [7, 11) is 1.53. The molecule has 0 saturated heterocycles. The van der Waals surface area contributed by atoms with Crippen LogP contribution in [0.3, 0.4) is 0 Å². The Kier molecular flexibility index (Phi) is 4.70. The largest absolute Gasteiger partial charge is 0.274 e. The van der Waals surface area contributed by atoms with E-state index >= 15 is 0 Å². The SMILES string of the molecule is CCC(C)(C)C(=O)N(Cc1ccccc1)OC. The van der Waals surface area contributed by atoms with Crippen molar-refractivity contribution in [1.82, 2.24) is 5.06 Å². The lowest BCUT2D eigenvalue weighted by molar-refractivity contribution is -0.189. The van der Waals surface area contributed by atoms with Crippen molar-refractivity contribution in [1.29, 1.82) is 0 Å². The molecule has 17 heavy (non-hydrogen) atoms. The molecule has 1 aromatic carbocycles. The number of rotatable bonds is 5. The molecule has 3 heteroatoms. The van der Waals surface area contributed by atoms with Crippen molar-refractivity contribution in [3.05, 3.63) is 35.9 Å².